The topological polar surface area (TPSA) is 109 Å². The Morgan fingerprint density at radius 2 is 2.10 bits per heavy atom. The first-order valence-electron chi connectivity index (χ1n) is 9.34. The Morgan fingerprint density at radius 1 is 1.27 bits per heavy atom. The molecule has 1 heterocycles. The third-order valence-electron chi connectivity index (χ3n) is 4.21. The van der Waals surface area contributed by atoms with Crippen molar-refractivity contribution in [1.82, 2.24) is 9.78 Å². The summed E-state index contributed by atoms with van der Waals surface area (Å²) in [6.45, 7) is 4.64. The van der Waals surface area contributed by atoms with Crippen LogP contribution in [0.5, 0.6) is 5.75 Å². The Labute approximate surface area is 173 Å². The maximum absolute atomic E-state index is 12.5. The van der Waals surface area contributed by atoms with Gasteiger partial charge in [0.25, 0.3) is 5.91 Å². The fraction of sp³-hybridized carbons (Fsp3) is 0.238. The second-order valence-corrected chi connectivity index (χ2v) is 6.56. The van der Waals surface area contributed by atoms with Crippen LogP contribution < -0.4 is 10.1 Å². The van der Waals surface area contributed by atoms with Crippen LogP contribution in [-0.2, 0) is 18.1 Å². The average Bonchev–Trinajstić information content (AvgIpc) is 3.18. The molecule has 0 atom stereocenters. The summed E-state index contributed by atoms with van der Waals surface area (Å²) < 4.78 is 12.5. The molecule has 0 spiro atoms. The molecular formula is C21H22N4O5. The van der Waals surface area contributed by atoms with E-state index in [1.165, 1.54) is 6.07 Å². The number of hydrogen-bond donors (Lipinski definition) is 1. The van der Waals surface area contributed by atoms with E-state index in [9.17, 15) is 14.9 Å². The van der Waals surface area contributed by atoms with Crippen LogP contribution in [0.4, 0.5) is 11.4 Å². The number of rotatable bonds is 9. The van der Waals surface area contributed by atoms with Gasteiger partial charge < -0.3 is 14.8 Å². The number of nitro groups is 1. The highest BCUT2D eigenvalue weighted by atomic mass is 16.6. The van der Waals surface area contributed by atoms with E-state index >= 15 is 0 Å². The van der Waals surface area contributed by atoms with Crippen LogP contribution in [0.1, 0.15) is 28.4 Å². The lowest BCUT2D eigenvalue weighted by Gasteiger charge is -2.09. The Morgan fingerprint density at radius 3 is 2.87 bits per heavy atom. The van der Waals surface area contributed by atoms with Crippen molar-refractivity contribution in [3.05, 3.63) is 81.7 Å². The molecule has 9 nitrogen and oxygen atoms in total. The fourth-order valence-corrected chi connectivity index (χ4v) is 2.74. The molecule has 1 aromatic heterocycles. The Bertz CT molecular complexity index is 1050. The molecular weight excluding hydrogens is 388 g/mol. The van der Waals surface area contributed by atoms with Crippen molar-refractivity contribution in [2.24, 2.45) is 0 Å². The SMILES string of the molecule is CCOCn1cc(NC(=O)c2cccc(COc3ccc(C)cc3[N+](=O)[O-])c2)cn1. The lowest BCUT2D eigenvalue weighted by atomic mass is 10.1. The molecule has 2 aromatic carbocycles. The molecule has 30 heavy (non-hydrogen) atoms. The molecule has 9 heteroatoms. The number of ether oxygens (including phenoxy) is 2. The number of benzene rings is 2. The average molecular weight is 410 g/mol. The first-order valence-corrected chi connectivity index (χ1v) is 9.34. The minimum Gasteiger partial charge on any atom is -0.482 e. The van der Waals surface area contributed by atoms with E-state index in [4.69, 9.17) is 9.47 Å². The van der Waals surface area contributed by atoms with Crippen LogP contribution in [0.2, 0.25) is 0 Å². The van der Waals surface area contributed by atoms with E-state index in [0.29, 0.717) is 30.2 Å². The molecule has 1 amide bonds. The number of anilines is 1. The van der Waals surface area contributed by atoms with Crippen LogP contribution in [0.25, 0.3) is 0 Å². The molecule has 0 aliphatic carbocycles. The van der Waals surface area contributed by atoms with Gasteiger partial charge in [-0.25, -0.2) is 4.68 Å². The molecule has 0 radical (unpaired) electrons. The molecule has 0 unspecified atom stereocenters. The van der Waals surface area contributed by atoms with Gasteiger partial charge in [-0.15, -0.1) is 0 Å². The zero-order chi connectivity index (χ0) is 21.5. The number of aryl methyl sites for hydroxylation is 1. The van der Waals surface area contributed by atoms with Crippen LogP contribution >= 0.6 is 0 Å². The molecule has 0 aliphatic heterocycles. The summed E-state index contributed by atoms with van der Waals surface area (Å²) in [6.07, 6.45) is 3.22. The van der Waals surface area contributed by atoms with Gasteiger partial charge in [-0.3, -0.25) is 14.9 Å². The third-order valence-corrected chi connectivity index (χ3v) is 4.21. The van der Waals surface area contributed by atoms with E-state index in [-0.39, 0.29) is 24.0 Å². The molecule has 0 saturated carbocycles. The summed E-state index contributed by atoms with van der Waals surface area (Å²) in [5.74, 6) is -0.115. The number of carbonyl (C=O) groups excluding carboxylic acids is 1. The number of hydrogen-bond acceptors (Lipinski definition) is 6. The standard InChI is InChI=1S/C21H22N4O5/c1-3-29-14-24-12-18(11-22-24)23-21(26)17-6-4-5-16(10-17)13-30-20-8-7-15(2)9-19(20)25(27)28/h4-12H,3,13-14H2,1-2H3,(H,23,26). The largest absolute Gasteiger partial charge is 0.482 e. The predicted octanol–water partition coefficient (Wildman–Crippen LogP) is 3.93. The molecule has 0 fully saturated rings. The first-order chi connectivity index (χ1) is 14.5. The Kier molecular flexibility index (Phi) is 6.76. The molecule has 156 valence electrons. The van der Waals surface area contributed by atoms with Gasteiger partial charge in [-0.2, -0.15) is 5.10 Å². The third kappa shape index (κ3) is 5.42. The van der Waals surface area contributed by atoms with Gasteiger partial charge in [-0.1, -0.05) is 18.2 Å². The lowest BCUT2D eigenvalue weighted by Crippen LogP contribution is -2.12. The molecule has 3 aromatic rings. The number of carbonyl (C=O) groups is 1. The summed E-state index contributed by atoms with van der Waals surface area (Å²) in [7, 11) is 0. The highest BCUT2D eigenvalue weighted by molar-refractivity contribution is 6.04. The minimum atomic E-state index is -0.474. The summed E-state index contributed by atoms with van der Waals surface area (Å²) in [5.41, 5.74) is 2.39. The van der Waals surface area contributed by atoms with Gasteiger partial charge in [0, 0.05) is 18.2 Å². The maximum Gasteiger partial charge on any atom is 0.311 e. The van der Waals surface area contributed by atoms with Crippen molar-refractivity contribution in [2.45, 2.75) is 27.2 Å². The molecule has 0 bridgehead atoms. The van der Waals surface area contributed by atoms with Crippen LogP contribution in [-0.4, -0.2) is 27.2 Å². The van der Waals surface area contributed by atoms with Crippen molar-refractivity contribution in [2.75, 3.05) is 11.9 Å². The summed E-state index contributed by atoms with van der Waals surface area (Å²) >= 11 is 0. The summed E-state index contributed by atoms with van der Waals surface area (Å²) in [6, 6.07) is 11.7. The van der Waals surface area contributed by atoms with Crippen molar-refractivity contribution >= 4 is 17.3 Å². The molecule has 3 rings (SSSR count). The second kappa shape index (κ2) is 9.66. The van der Waals surface area contributed by atoms with Gasteiger partial charge in [0.05, 0.1) is 23.0 Å². The van der Waals surface area contributed by atoms with Gasteiger partial charge >= 0.3 is 5.69 Å². The maximum atomic E-state index is 12.5. The highest BCUT2D eigenvalue weighted by Crippen LogP contribution is 2.28. The van der Waals surface area contributed by atoms with Crippen LogP contribution in [0, 0.1) is 17.0 Å². The fourth-order valence-electron chi connectivity index (χ4n) is 2.74. The number of nitro benzene ring substituents is 1. The first kappa shape index (κ1) is 21.0. The molecule has 0 saturated heterocycles. The Hall–Kier alpha value is -3.72. The van der Waals surface area contributed by atoms with E-state index < -0.39 is 4.92 Å². The number of nitrogens with zero attached hydrogens (tertiary/aromatic N) is 3. The quantitative estimate of drug-likeness (QED) is 0.423. The molecule has 1 N–H and O–H groups in total. The van der Waals surface area contributed by atoms with Gasteiger partial charge in [0.15, 0.2) is 5.75 Å². The van der Waals surface area contributed by atoms with Crippen molar-refractivity contribution in [1.29, 1.82) is 0 Å². The monoisotopic (exact) mass is 410 g/mol. The van der Waals surface area contributed by atoms with E-state index in [1.54, 1.807) is 60.4 Å². The van der Waals surface area contributed by atoms with Crippen LogP contribution in [0.3, 0.4) is 0 Å². The normalized spacial score (nSPS) is 10.6. The molecule has 0 aliphatic rings. The number of nitrogens with one attached hydrogen (secondary N) is 1. The zero-order valence-electron chi connectivity index (χ0n) is 16.7. The van der Waals surface area contributed by atoms with Gasteiger partial charge in [0.1, 0.15) is 13.3 Å². The lowest BCUT2D eigenvalue weighted by molar-refractivity contribution is -0.386. The van der Waals surface area contributed by atoms with Crippen molar-refractivity contribution in [3.8, 4) is 5.75 Å². The van der Waals surface area contributed by atoms with Crippen molar-refractivity contribution < 1.29 is 19.2 Å². The van der Waals surface area contributed by atoms with Gasteiger partial charge in [0.2, 0.25) is 0 Å². The minimum absolute atomic E-state index is 0.0898. The van der Waals surface area contributed by atoms with E-state index in [1.807, 2.05) is 6.92 Å². The predicted molar refractivity (Wildman–Crippen MR) is 110 cm³/mol. The summed E-state index contributed by atoms with van der Waals surface area (Å²) in [4.78, 5) is 23.3. The zero-order valence-corrected chi connectivity index (χ0v) is 16.7. The van der Waals surface area contributed by atoms with E-state index in [0.717, 1.165) is 5.56 Å². The smallest absolute Gasteiger partial charge is 0.311 e. The van der Waals surface area contributed by atoms with Crippen molar-refractivity contribution in [3.63, 3.8) is 0 Å². The van der Waals surface area contributed by atoms with E-state index in [2.05, 4.69) is 10.4 Å². The number of amides is 1. The number of aromatic nitrogens is 2. The Balaban J connectivity index is 1.65. The highest BCUT2D eigenvalue weighted by Gasteiger charge is 2.15. The summed E-state index contributed by atoms with van der Waals surface area (Å²) in [5, 5.41) is 18.1. The van der Waals surface area contributed by atoms with Crippen LogP contribution in [0.15, 0.2) is 54.9 Å². The second-order valence-electron chi connectivity index (χ2n) is 6.56. The van der Waals surface area contributed by atoms with Gasteiger partial charge in [-0.05, 0) is 43.2 Å².